The third kappa shape index (κ3) is 6.30. The van der Waals surface area contributed by atoms with Crippen LogP contribution in [-0.4, -0.2) is 66.1 Å². The SMILES string of the molecule is C[N+]1(C)[C@@H]2C[C@@H](OC(=O)Nc3cc(CCC(=O)Nc4ccc(CO)c(Cl)c4)ccc3-c3ccccc3)C[C@H]1[C@@H]1O[C@@H]12.[I-]. The average Bonchev–Trinajstić information content (AvgIpc) is 3.71. The highest BCUT2D eigenvalue weighted by atomic mass is 127. The number of rotatable bonds is 8. The molecular weight excluding hydrogens is 669 g/mol. The molecule has 3 aliphatic rings. The fourth-order valence-corrected chi connectivity index (χ4v) is 6.79. The van der Waals surface area contributed by atoms with Crippen LogP contribution in [0.3, 0.4) is 0 Å². The molecule has 0 unspecified atom stereocenters. The van der Waals surface area contributed by atoms with E-state index in [9.17, 15) is 14.7 Å². The number of aryl methyl sites for hydroxylation is 1. The van der Waals surface area contributed by atoms with Gasteiger partial charge < -0.3 is 48.4 Å². The van der Waals surface area contributed by atoms with Crippen LogP contribution >= 0.6 is 11.6 Å². The Bertz CT molecular complexity index is 1450. The number of carbonyl (C=O) groups excluding carboxylic acids is 2. The van der Waals surface area contributed by atoms with Crippen molar-refractivity contribution < 1.29 is 52.6 Å². The van der Waals surface area contributed by atoms with Gasteiger partial charge in [-0.3, -0.25) is 10.1 Å². The van der Waals surface area contributed by atoms with Crippen molar-refractivity contribution in [3.05, 3.63) is 82.9 Å². The van der Waals surface area contributed by atoms with Crippen molar-refractivity contribution in [2.45, 2.75) is 62.7 Å². The zero-order valence-electron chi connectivity index (χ0n) is 23.6. The van der Waals surface area contributed by atoms with Crippen LogP contribution in [0.15, 0.2) is 66.7 Å². The lowest BCUT2D eigenvalue weighted by atomic mass is 9.96. The Morgan fingerprint density at radius 2 is 1.71 bits per heavy atom. The lowest BCUT2D eigenvalue weighted by Gasteiger charge is -2.45. The number of anilines is 2. The van der Waals surface area contributed by atoms with Crippen molar-refractivity contribution in [3.8, 4) is 11.1 Å². The molecule has 0 saturated carbocycles. The molecule has 6 rings (SSSR count). The molecule has 3 aromatic carbocycles. The predicted molar refractivity (Wildman–Crippen MR) is 158 cm³/mol. The highest BCUT2D eigenvalue weighted by Gasteiger charge is 2.70. The van der Waals surface area contributed by atoms with Crippen molar-refractivity contribution in [2.24, 2.45) is 0 Å². The number of likely N-dealkylation sites (N-methyl/N-ethyl adjacent to an activating group) is 1. The number of aliphatic hydroxyl groups is 1. The molecule has 2 bridgehead atoms. The molecule has 5 atom stereocenters. The number of epoxide rings is 1. The number of morpholine rings is 1. The highest BCUT2D eigenvalue weighted by molar-refractivity contribution is 6.31. The molecule has 0 spiro atoms. The smallest absolute Gasteiger partial charge is 0.411 e. The second kappa shape index (κ2) is 12.5. The first-order valence-corrected chi connectivity index (χ1v) is 14.4. The molecule has 8 nitrogen and oxygen atoms in total. The summed E-state index contributed by atoms with van der Waals surface area (Å²) in [5.74, 6) is -0.158. The standard InChI is InChI=1S/C32H34ClN3O5.HI/c1-36(2)27-16-23(17-28(36)31-30(27)41-31)40-32(39)35-26-14-19(8-12-24(26)20-6-4-3-5-7-20)9-13-29(38)34-22-11-10-21(18-37)25(33)15-22;/h3-8,10-12,14-15,23,27-28,30-31,37H,9,13,16-18H2,1-2H3,(H-,34,35,38,39);1H/t23-,27-,28+,30-,31+;. The van der Waals surface area contributed by atoms with Crippen LogP contribution in [0.4, 0.5) is 16.2 Å². The maximum Gasteiger partial charge on any atom is 0.411 e. The van der Waals surface area contributed by atoms with E-state index in [0.29, 0.717) is 52.7 Å². The average molecular weight is 704 g/mol. The van der Waals surface area contributed by atoms with E-state index in [4.69, 9.17) is 21.1 Å². The number of nitrogens with one attached hydrogen (secondary N) is 2. The van der Waals surface area contributed by atoms with Gasteiger partial charge in [0.1, 0.15) is 30.4 Å². The second-order valence-electron chi connectivity index (χ2n) is 11.7. The van der Waals surface area contributed by atoms with E-state index in [1.807, 2.05) is 48.5 Å². The number of nitrogens with zero attached hydrogens (tertiary/aromatic N) is 1. The van der Waals surface area contributed by atoms with Gasteiger partial charge in [0.2, 0.25) is 5.91 Å². The molecule has 0 aromatic heterocycles. The lowest BCUT2D eigenvalue weighted by molar-refractivity contribution is -0.938. The number of ether oxygens (including phenoxy) is 2. The van der Waals surface area contributed by atoms with Gasteiger partial charge in [0.25, 0.3) is 0 Å². The lowest BCUT2D eigenvalue weighted by Crippen LogP contribution is -3.00. The van der Waals surface area contributed by atoms with Gasteiger partial charge in [0.05, 0.1) is 26.4 Å². The van der Waals surface area contributed by atoms with Gasteiger partial charge >= 0.3 is 6.09 Å². The number of fused-ring (bicyclic) bond motifs is 5. The molecular formula is C32H35ClIN3O5. The van der Waals surface area contributed by atoms with Gasteiger partial charge in [0, 0.05) is 35.5 Å². The summed E-state index contributed by atoms with van der Waals surface area (Å²) in [7, 11) is 4.50. The van der Waals surface area contributed by atoms with Gasteiger partial charge in [-0.2, -0.15) is 0 Å². The minimum Gasteiger partial charge on any atom is -1.00 e. The van der Waals surface area contributed by atoms with Gasteiger partial charge in [-0.15, -0.1) is 0 Å². The molecule has 3 saturated heterocycles. The highest BCUT2D eigenvalue weighted by Crippen LogP contribution is 2.51. The Labute approximate surface area is 267 Å². The molecule has 222 valence electrons. The van der Waals surface area contributed by atoms with E-state index in [1.165, 1.54) is 0 Å². The van der Waals surface area contributed by atoms with Crippen LogP contribution in [-0.2, 0) is 27.3 Å². The second-order valence-corrected chi connectivity index (χ2v) is 12.1. The van der Waals surface area contributed by atoms with Crippen LogP contribution < -0.4 is 34.6 Å². The van der Waals surface area contributed by atoms with E-state index in [2.05, 4.69) is 24.7 Å². The maximum absolute atomic E-state index is 13.1. The summed E-state index contributed by atoms with van der Waals surface area (Å²) >= 11 is 6.15. The monoisotopic (exact) mass is 703 g/mol. The van der Waals surface area contributed by atoms with Gasteiger partial charge in [-0.25, -0.2) is 4.79 Å². The third-order valence-electron chi connectivity index (χ3n) is 8.87. The minimum atomic E-state index is -0.466. The van der Waals surface area contributed by atoms with Gasteiger partial charge in [0.15, 0.2) is 0 Å². The van der Waals surface area contributed by atoms with Crippen LogP contribution in [0, 0.1) is 0 Å². The summed E-state index contributed by atoms with van der Waals surface area (Å²) in [6.07, 6.45) is 2.31. The fraction of sp³-hybridized carbons (Fsp3) is 0.375. The molecule has 3 N–H and O–H groups in total. The van der Waals surface area contributed by atoms with Crippen molar-refractivity contribution in [1.29, 1.82) is 0 Å². The minimum absolute atomic E-state index is 0. The maximum atomic E-state index is 13.1. The van der Waals surface area contributed by atoms with Crippen molar-refractivity contribution in [2.75, 3.05) is 24.7 Å². The van der Waals surface area contributed by atoms with E-state index in [0.717, 1.165) is 34.0 Å². The summed E-state index contributed by atoms with van der Waals surface area (Å²) < 4.78 is 12.7. The van der Waals surface area contributed by atoms with E-state index >= 15 is 0 Å². The van der Waals surface area contributed by atoms with Crippen LogP contribution in [0.5, 0.6) is 0 Å². The van der Waals surface area contributed by atoms with Crippen LogP contribution in [0.25, 0.3) is 11.1 Å². The first kappa shape index (κ1) is 30.7. The summed E-state index contributed by atoms with van der Waals surface area (Å²) in [6, 6.07) is 21.5. The summed E-state index contributed by atoms with van der Waals surface area (Å²) in [5, 5.41) is 15.6. The van der Waals surface area contributed by atoms with E-state index < -0.39 is 6.09 Å². The van der Waals surface area contributed by atoms with Gasteiger partial charge in [-0.05, 0) is 41.3 Å². The Morgan fingerprint density at radius 3 is 2.38 bits per heavy atom. The molecule has 0 radical (unpaired) electrons. The first-order chi connectivity index (χ1) is 19.7. The molecule has 2 amide bonds. The fourth-order valence-electron chi connectivity index (χ4n) is 6.55. The zero-order valence-corrected chi connectivity index (χ0v) is 26.5. The molecule has 3 aliphatic heterocycles. The molecule has 10 heteroatoms. The molecule has 3 aromatic rings. The number of hydrogen-bond donors (Lipinski definition) is 3. The van der Waals surface area contributed by atoms with E-state index in [1.54, 1.807) is 18.2 Å². The van der Waals surface area contributed by atoms with E-state index in [-0.39, 0.29) is 49.0 Å². The Morgan fingerprint density at radius 1 is 1.00 bits per heavy atom. The number of carbonyl (C=O) groups is 2. The molecule has 3 heterocycles. The number of hydrogen-bond acceptors (Lipinski definition) is 5. The number of piperidine rings is 1. The topological polar surface area (TPSA) is 100 Å². The molecule has 42 heavy (non-hydrogen) atoms. The van der Waals surface area contributed by atoms with Crippen molar-refractivity contribution >= 4 is 35.0 Å². The third-order valence-corrected chi connectivity index (χ3v) is 9.22. The summed E-state index contributed by atoms with van der Waals surface area (Å²) in [6.45, 7) is -0.162. The number of aliphatic hydroxyl groups excluding tert-OH is 1. The number of quaternary nitrogens is 1. The van der Waals surface area contributed by atoms with Crippen LogP contribution in [0.2, 0.25) is 5.02 Å². The van der Waals surface area contributed by atoms with Gasteiger partial charge in [-0.1, -0.05) is 60.1 Å². The Kier molecular flexibility index (Phi) is 9.15. The predicted octanol–water partition coefficient (Wildman–Crippen LogP) is 2.38. The first-order valence-electron chi connectivity index (χ1n) is 14.1. The summed E-state index contributed by atoms with van der Waals surface area (Å²) in [5.41, 5.74) is 4.59. The molecule has 3 fully saturated rings. The number of amides is 2. The van der Waals surface area contributed by atoms with Crippen LogP contribution in [0.1, 0.15) is 30.4 Å². The Balaban J connectivity index is 0.00000353. The zero-order chi connectivity index (χ0) is 28.7. The number of halogens is 2. The number of benzene rings is 3. The normalized spacial score (nSPS) is 24.6. The molecule has 0 aliphatic carbocycles. The van der Waals surface area contributed by atoms with Crippen molar-refractivity contribution in [1.82, 2.24) is 0 Å². The van der Waals surface area contributed by atoms with Crippen molar-refractivity contribution in [3.63, 3.8) is 0 Å². The summed E-state index contributed by atoms with van der Waals surface area (Å²) in [4.78, 5) is 25.8. The quantitative estimate of drug-likeness (QED) is 0.190. The largest absolute Gasteiger partial charge is 1.00 e. The Hall–Kier alpha value is -2.70.